The molecular weight excluding hydrogens is 280 g/mol. The van der Waals surface area contributed by atoms with Crippen LogP contribution >= 0.6 is 23.3 Å². The first-order valence-electron chi connectivity index (χ1n) is 5.91. The van der Waals surface area contributed by atoms with Crippen LogP contribution in [-0.2, 0) is 11.3 Å². The first-order chi connectivity index (χ1) is 9.29. The summed E-state index contributed by atoms with van der Waals surface area (Å²) < 4.78 is 10.1. The van der Waals surface area contributed by atoms with Crippen LogP contribution in [0.2, 0.25) is 0 Å². The summed E-state index contributed by atoms with van der Waals surface area (Å²) in [5.74, 6) is 0.809. The molecule has 0 amide bonds. The molecule has 0 spiro atoms. The predicted octanol–water partition coefficient (Wildman–Crippen LogP) is 2.13. The quantitative estimate of drug-likeness (QED) is 0.790. The average molecular weight is 296 g/mol. The van der Waals surface area contributed by atoms with Crippen LogP contribution in [0.3, 0.4) is 0 Å². The third-order valence-electron chi connectivity index (χ3n) is 2.34. The minimum atomic E-state index is 0.707. The minimum absolute atomic E-state index is 0.707. The molecule has 0 radical (unpaired) electrons. The van der Waals surface area contributed by atoms with E-state index >= 15 is 0 Å². The Labute approximate surface area is 121 Å². The molecule has 102 valence electrons. The average Bonchev–Trinajstić information content (AvgIpc) is 2.82. The van der Waals surface area contributed by atoms with E-state index in [4.69, 9.17) is 4.74 Å². The van der Waals surface area contributed by atoms with E-state index in [1.807, 2.05) is 13.0 Å². The van der Waals surface area contributed by atoms with E-state index in [0.29, 0.717) is 6.61 Å². The van der Waals surface area contributed by atoms with E-state index in [1.54, 1.807) is 25.1 Å². The number of hydrogen-bond acceptors (Lipinski definition) is 7. The second-order valence-corrected chi connectivity index (χ2v) is 5.83. The van der Waals surface area contributed by atoms with E-state index in [0.717, 1.165) is 33.8 Å². The molecule has 0 bridgehead atoms. The first kappa shape index (κ1) is 14.4. The summed E-state index contributed by atoms with van der Waals surface area (Å²) in [5.41, 5.74) is 1.16. The molecule has 0 aliphatic carbocycles. The molecule has 7 heteroatoms. The summed E-state index contributed by atoms with van der Waals surface area (Å²) in [5, 5.41) is 4.30. The number of ether oxygens (including phenoxy) is 1. The summed E-state index contributed by atoms with van der Waals surface area (Å²) >= 11 is 2.97. The highest BCUT2D eigenvalue weighted by Crippen LogP contribution is 2.29. The van der Waals surface area contributed by atoms with Crippen LogP contribution in [0.25, 0.3) is 0 Å². The lowest BCUT2D eigenvalue weighted by Crippen LogP contribution is -2.19. The molecular formula is C12H16N4OS2. The van der Waals surface area contributed by atoms with Gasteiger partial charge in [0.1, 0.15) is 10.9 Å². The standard InChI is InChI=1S/C12H16N4OS2/c1-9-15-12(19-16-9)18-11-10(4-3-5-14-11)8-13-6-7-17-2/h3-5,13H,6-8H2,1-2H3. The molecule has 0 fully saturated rings. The Balaban J connectivity index is 1.99. The zero-order valence-corrected chi connectivity index (χ0v) is 12.6. The van der Waals surface area contributed by atoms with Gasteiger partial charge in [0.05, 0.1) is 6.61 Å². The Kier molecular flexibility index (Phi) is 5.71. The highest BCUT2D eigenvalue weighted by atomic mass is 32.2. The number of aryl methyl sites for hydroxylation is 1. The Morgan fingerprint density at radius 3 is 3.11 bits per heavy atom. The maximum atomic E-state index is 5.01. The van der Waals surface area contributed by atoms with Gasteiger partial charge in [-0.2, -0.15) is 4.37 Å². The third kappa shape index (κ3) is 4.54. The van der Waals surface area contributed by atoms with E-state index in [2.05, 4.69) is 25.7 Å². The van der Waals surface area contributed by atoms with Gasteiger partial charge >= 0.3 is 0 Å². The molecule has 2 heterocycles. The molecule has 2 aromatic rings. The molecule has 0 aliphatic rings. The highest BCUT2D eigenvalue weighted by molar-refractivity contribution is 8.00. The minimum Gasteiger partial charge on any atom is -0.383 e. The lowest BCUT2D eigenvalue weighted by molar-refractivity contribution is 0.199. The molecule has 19 heavy (non-hydrogen) atoms. The number of rotatable bonds is 7. The van der Waals surface area contributed by atoms with Crippen LogP contribution in [0.1, 0.15) is 11.4 Å². The summed E-state index contributed by atoms with van der Waals surface area (Å²) in [6, 6.07) is 4.02. The van der Waals surface area contributed by atoms with Crippen LogP contribution in [-0.4, -0.2) is 34.6 Å². The van der Waals surface area contributed by atoms with Crippen molar-refractivity contribution in [1.29, 1.82) is 0 Å². The fourth-order valence-electron chi connectivity index (χ4n) is 1.45. The van der Waals surface area contributed by atoms with Gasteiger partial charge in [-0.15, -0.1) is 0 Å². The second-order valence-electron chi connectivity index (χ2n) is 3.85. The van der Waals surface area contributed by atoms with E-state index in [-0.39, 0.29) is 0 Å². The molecule has 0 aliphatic heterocycles. The van der Waals surface area contributed by atoms with E-state index < -0.39 is 0 Å². The molecule has 0 unspecified atom stereocenters. The van der Waals surface area contributed by atoms with Gasteiger partial charge in [-0.25, -0.2) is 9.97 Å². The van der Waals surface area contributed by atoms with Gasteiger partial charge in [-0.1, -0.05) is 6.07 Å². The summed E-state index contributed by atoms with van der Waals surface area (Å²) in [6.07, 6.45) is 1.80. The number of hydrogen-bond donors (Lipinski definition) is 1. The number of pyridine rings is 1. The smallest absolute Gasteiger partial charge is 0.176 e. The number of methoxy groups -OCH3 is 1. The van der Waals surface area contributed by atoms with Crippen LogP contribution in [0.4, 0.5) is 0 Å². The highest BCUT2D eigenvalue weighted by Gasteiger charge is 2.08. The van der Waals surface area contributed by atoms with Crippen molar-refractivity contribution >= 4 is 23.3 Å². The van der Waals surface area contributed by atoms with Gasteiger partial charge in [0.25, 0.3) is 0 Å². The lowest BCUT2D eigenvalue weighted by atomic mass is 10.3. The molecule has 0 saturated carbocycles. The van der Waals surface area contributed by atoms with Crippen LogP contribution in [0, 0.1) is 6.92 Å². The summed E-state index contributed by atoms with van der Waals surface area (Å²) in [6.45, 7) is 4.20. The van der Waals surface area contributed by atoms with Crippen molar-refractivity contribution < 1.29 is 4.74 Å². The zero-order valence-electron chi connectivity index (χ0n) is 10.9. The molecule has 2 aromatic heterocycles. The van der Waals surface area contributed by atoms with Gasteiger partial charge in [-0.05, 0) is 41.8 Å². The van der Waals surface area contributed by atoms with Crippen molar-refractivity contribution in [3.63, 3.8) is 0 Å². The molecule has 0 atom stereocenters. The van der Waals surface area contributed by atoms with Gasteiger partial charge < -0.3 is 10.1 Å². The van der Waals surface area contributed by atoms with Crippen molar-refractivity contribution in [3.8, 4) is 0 Å². The lowest BCUT2D eigenvalue weighted by Gasteiger charge is -2.07. The second kappa shape index (κ2) is 7.54. The predicted molar refractivity (Wildman–Crippen MR) is 76.6 cm³/mol. The molecule has 0 saturated heterocycles. The van der Waals surface area contributed by atoms with Gasteiger partial charge in [0.15, 0.2) is 4.34 Å². The monoisotopic (exact) mass is 296 g/mol. The van der Waals surface area contributed by atoms with Crippen molar-refractivity contribution in [1.82, 2.24) is 19.7 Å². The van der Waals surface area contributed by atoms with Crippen molar-refractivity contribution in [3.05, 3.63) is 29.7 Å². The fourth-order valence-corrected chi connectivity index (χ4v) is 3.10. The maximum Gasteiger partial charge on any atom is 0.176 e. The Bertz CT molecular complexity index is 518. The third-order valence-corrected chi connectivity index (χ3v) is 4.24. The van der Waals surface area contributed by atoms with Gasteiger partial charge in [0, 0.05) is 26.4 Å². The van der Waals surface area contributed by atoms with Gasteiger partial charge in [-0.3, -0.25) is 0 Å². The van der Waals surface area contributed by atoms with Crippen molar-refractivity contribution in [2.24, 2.45) is 0 Å². The maximum absolute atomic E-state index is 5.01. The topological polar surface area (TPSA) is 59.9 Å². The largest absolute Gasteiger partial charge is 0.383 e. The van der Waals surface area contributed by atoms with Crippen LogP contribution < -0.4 is 5.32 Å². The number of aromatic nitrogens is 3. The van der Waals surface area contributed by atoms with Crippen LogP contribution in [0.15, 0.2) is 27.7 Å². The van der Waals surface area contributed by atoms with E-state index in [1.165, 1.54) is 11.5 Å². The zero-order chi connectivity index (χ0) is 13.5. The number of nitrogens with one attached hydrogen (secondary N) is 1. The fraction of sp³-hybridized carbons (Fsp3) is 0.417. The Hall–Kier alpha value is -1.02. The Morgan fingerprint density at radius 1 is 1.47 bits per heavy atom. The molecule has 5 nitrogen and oxygen atoms in total. The van der Waals surface area contributed by atoms with E-state index in [9.17, 15) is 0 Å². The van der Waals surface area contributed by atoms with Crippen molar-refractivity contribution in [2.75, 3.05) is 20.3 Å². The van der Waals surface area contributed by atoms with Crippen LogP contribution in [0.5, 0.6) is 0 Å². The molecule has 0 aromatic carbocycles. The summed E-state index contributed by atoms with van der Waals surface area (Å²) in [7, 11) is 1.70. The molecule has 2 rings (SSSR count). The first-order valence-corrected chi connectivity index (χ1v) is 7.50. The van der Waals surface area contributed by atoms with Gasteiger partial charge in [0.2, 0.25) is 0 Å². The Morgan fingerprint density at radius 2 is 2.37 bits per heavy atom. The normalized spacial score (nSPS) is 10.8. The van der Waals surface area contributed by atoms with Crippen molar-refractivity contribution in [2.45, 2.75) is 22.8 Å². The molecule has 1 N–H and O–H groups in total. The number of nitrogens with zero attached hydrogens (tertiary/aromatic N) is 3. The SMILES string of the molecule is COCCNCc1cccnc1Sc1nc(C)ns1. The summed E-state index contributed by atoms with van der Waals surface area (Å²) in [4.78, 5) is 8.76.